The molecule has 2 atom stereocenters. The SMILES string of the molecule is COCCCOC1=C(Cl)N=C2CC(=C1)C1CCC(C)(C)C1N(C)/C2=C\C(=O)CC(=O)O. The lowest BCUT2D eigenvalue weighted by Crippen LogP contribution is -2.43. The predicted molar refractivity (Wildman–Crippen MR) is 119 cm³/mol. The molecule has 2 fully saturated rings. The first-order valence-corrected chi connectivity index (χ1v) is 11.0. The van der Waals surface area contributed by atoms with E-state index in [-0.39, 0.29) is 22.5 Å². The van der Waals surface area contributed by atoms with Crippen molar-refractivity contribution in [3.05, 3.63) is 34.3 Å². The molecule has 3 aliphatic rings. The van der Waals surface area contributed by atoms with Crippen LogP contribution in [-0.4, -0.2) is 60.9 Å². The number of hydrogen-bond acceptors (Lipinski definition) is 6. The third kappa shape index (κ3) is 5.21. The molecule has 3 rings (SSSR count). The number of allylic oxidation sites excluding steroid dienone is 3. The highest BCUT2D eigenvalue weighted by Crippen LogP contribution is 2.51. The largest absolute Gasteiger partial charge is 0.490 e. The molecule has 8 heteroatoms. The minimum absolute atomic E-state index is 0.0229. The van der Waals surface area contributed by atoms with Gasteiger partial charge in [-0.1, -0.05) is 31.0 Å². The number of aliphatic imine (C=N–C) groups is 1. The number of carboxylic acids is 1. The van der Waals surface area contributed by atoms with E-state index in [1.807, 2.05) is 13.1 Å². The minimum Gasteiger partial charge on any atom is -0.490 e. The average Bonchev–Trinajstić information content (AvgIpc) is 2.83. The van der Waals surface area contributed by atoms with E-state index >= 15 is 0 Å². The molecule has 1 N–H and O–H groups in total. The second kappa shape index (κ2) is 9.57. The van der Waals surface area contributed by atoms with Crippen molar-refractivity contribution in [3.8, 4) is 0 Å². The molecule has 2 unspecified atom stereocenters. The van der Waals surface area contributed by atoms with Crippen LogP contribution in [0.15, 0.2) is 39.3 Å². The molecule has 2 aliphatic heterocycles. The first-order valence-electron chi connectivity index (χ1n) is 10.6. The van der Waals surface area contributed by atoms with E-state index in [0.29, 0.717) is 36.8 Å². The average molecular weight is 451 g/mol. The van der Waals surface area contributed by atoms with Gasteiger partial charge in [0.25, 0.3) is 0 Å². The van der Waals surface area contributed by atoms with Crippen LogP contribution < -0.4 is 0 Å². The second-order valence-corrected chi connectivity index (χ2v) is 9.42. The number of hydrogen-bond donors (Lipinski definition) is 1. The predicted octanol–water partition coefficient (Wildman–Crippen LogP) is 3.90. The van der Waals surface area contributed by atoms with Crippen molar-refractivity contribution in [3.63, 3.8) is 0 Å². The van der Waals surface area contributed by atoms with Crippen LogP contribution in [0.1, 0.15) is 46.0 Å². The topological polar surface area (TPSA) is 88.4 Å². The Hall–Kier alpha value is -2.12. The molecule has 1 saturated heterocycles. The molecule has 7 nitrogen and oxygen atoms in total. The smallest absolute Gasteiger partial charge is 0.311 e. The Morgan fingerprint density at radius 1 is 1.39 bits per heavy atom. The summed E-state index contributed by atoms with van der Waals surface area (Å²) in [5.41, 5.74) is 2.51. The van der Waals surface area contributed by atoms with Gasteiger partial charge >= 0.3 is 5.97 Å². The molecule has 0 aromatic heterocycles. The van der Waals surface area contributed by atoms with Crippen molar-refractivity contribution in [1.82, 2.24) is 4.90 Å². The third-order valence-corrected chi connectivity index (χ3v) is 6.62. The maximum Gasteiger partial charge on any atom is 0.311 e. The van der Waals surface area contributed by atoms with Crippen molar-refractivity contribution >= 4 is 29.1 Å². The second-order valence-electron chi connectivity index (χ2n) is 9.06. The number of likely N-dealkylation sites (tertiary alicyclic amines) is 1. The fourth-order valence-corrected chi connectivity index (χ4v) is 5.22. The molecule has 0 aromatic rings. The van der Waals surface area contributed by atoms with Crippen LogP contribution in [0.5, 0.6) is 0 Å². The number of carbonyl (C=O) groups is 2. The summed E-state index contributed by atoms with van der Waals surface area (Å²) in [5, 5.41) is 9.27. The summed E-state index contributed by atoms with van der Waals surface area (Å²) in [7, 11) is 3.61. The van der Waals surface area contributed by atoms with Crippen LogP contribution in [0.2, 0.25) is 0 Å². The van der Waals surface area contributed by atoms with E-state index in [4.69, 9.17) is 26.2 Å². The number of carboxylic acid groups (broad SMARTS) is 1. The summed E-state index contributed by atoms with van der Waals surface area (Å²) in [6.07, 6.45) is 6.23. The van der Waals surface area contributed by atoms with Crippen LogP contribution in [0.4, 0.5) is 0 Å². The number of rotatable bonds is 8. The molecule has 2 heterocycles. The standard InChI is InChI=1S/C23H31ClN2O5/c1-23(2)7-6-16-14-10-17(25-22(24)19(11-14)31-9-5-8-30-4)18(26(3)21(16)23)12-15(27)13-20(28)29/h11-12,16,21H,5-10,13H2,1-4H3,(H,28,29)/b18-12-. The van der Waals surface area contributed by atoms with Gasteiger partial charge in [0.05, 0.1) is 18.0 Å². The number of halogens is 1. The van der Waals surface area contributed by atoms with Crippen LogP contribution >= 0.6 is 11.6 Å². The van der Waals surface area contributed by atoms with E-state index in [1.165, 1.54) is 11.6 Å². The lowest BCUT2D eigenvalue weighted by atomic mass is 9.81. The molecule has 0 spiro atoms. The van der Waals surface area contributed by atoms with E-state index in [1.54, 1.807) is 7.11 Å². The molecular weight excluding hydrogens is 420 g/mol. The van der Waals surface area contributed by atoms with Crippen molar-refractivity contribution in [2.45, 2.75) is 52.0 Å². The van der Waals surface area contributed by atoms with Gasteiger partial charge in [-0.2, -0.15) is 0 Å². The van der Waals surface area contributed by atoms with E-state index in [2.05, 4.69) is 23.7 Å². The Morgan fingerprint density at radius 2 is 2.13 bits per heavy atom. The van der Waals surface area contributed by atoms with Gasteiger partial charge in [-0.05, 0) is 24.3 Å². The van der Waals surface area contributed by atoms with Crippen LogP contribution in [0.25, 0.3) is 0 Å². The van der Waals surface area contributed by atoms with Gasteiger partial charge in [0.1, 0.15) is 6.42 Å². The van der Waals surface area contributed by atoms with Crippen LogP contribution in [0, 0.1) is 11.3 Å². The van der Waals surface area contributed by atoms with E-state index in [9.17, 15) is 9.59 Å². The maximum absolute atomic E-state index is 12.4. The van der Waals surface area contributed by atoms with Crippen molar-refractivity contribution in [1.29, 1.82) is 0 Å². The Morgan fingerprint density at radius 3 is 2.81 bits per heavy atom. The maximum atomic E-state index is 12.4. The Kier molecular flexibility index (Phi) is 7.27. The van der Waals surface area contributed by atoms with Crippen LogP contribution in [-0.2, 0) is 19.1 Å². The fraction of sp³-hybridized carbons (Fsp3) is 0.609. The highest BCUT2D eigenvalue weighted by atomic mass is 35.5. The number of carbonyl (C=O) groups excluding carboxylic acids is 1. The molecule has 2 bridgehead atoms. The highest BCUT2D eigenvalue weighted by molar-refractivity contribution is 6.31. The summed E-state index contributed by atoms with van der Waals surface area (Å²) >= 11 is 6.52. The summed E-state index contributed by atoms with van der Waals surface area (Å²) in [6.45, 7) is 5.54. The number of methoxy groups -OCH3 is 1. The van der Waals surface area contributed by atoms with Gasteiger partial charge in [-0.15, -0.1) is 0 Å². The van der Waals surface area contributed by atoms with Gasteiger partial charge < -0.3 is 19.5 Å². The summed E-state index contributed by atoms with van der Waals surface area (Å²) in [4.78, 5) is 30.2. The fourth-order valence-electron chi connectivity index (χ4n) is 5.01. The van der Waals surface area contributed by atoms with Gasteiger partial charge in [-0.3, -0.25) is 9.59 Å². The molecule has 170 valence electrons. The van der Waals surface area contributed by atoms with E-state index in [0.717, 1.165) is 19.3 Å². The quantitative estimate of drug-likeness (QED) is 0.261. The number of nitrogens with zero attached hydrogens (tertiary/aromatic N) is 2. The lowest BCUT2D eigenvalue weighted by Gasteiger charge is -2.39. The highest BCUT2D eigenvalue weighted by Gasteiger charge is 2.48. The van der Waals surface area contributed by atoms with Crippen LogP contribution in [0.3, 0.4) is 0 Å². The molecule has 0 radical (unpaired) electrons. The summed E-state index contributed by atoms with van der Waals surface area (Å²) in [6, 6.07) is 0.155. The van der Waals surface area contributed by atoms with Gasteiger partial charge in [0.2, 0.25) is 0 Å². The van der Waals surface area contributed by atoms with Gasteiger partial charge in [-0.25, -0.2) is 4.99 Å². The van der Waals surface area contributed by atoms with Crippen molar-refractivity contribution in [2.24, 2.45) is 16.3 Å². The number of aliphatic carboxylic acids is 1. The molecular formula is C23H31ClN2O5. The van der Waals surface area contributed by atoms with Gasteiger partial charge in [0, 0.05) is 51.6 Å². The minimum atomic E-state index is -1.15. The normalized spacial score (nSPS) is 26.1. The van der Waals surface area contributed by atoms with E-state index < -0.39 is 18.2 Å². The number of fused-ring (bicyclic) bond motifs is 4. The van der Waals surface area contributed by atoms with Crippen molar-refractivity contribution < 1.29 is 24.2 Å². The monoisotopic (exact) mass is 450 g/mol. The first-order chi connectivity index (χ1) is 14.6. The summed E-state index contributed by atoms with van der Waals surface area (Å²) < 4.78 is 11.0. The first kappa shape index (κ1) is 23.5. The Labute approximate surface area is 188 Å². The zero-order chi connectivity index (χ0) is 22.8. The molecule has 31 heavy (non-hydrogen) atoms. The van der Waals surface area contributed by atoms with Crippen molar-refractivity contribution in [2.75, 3.05) is 27.4 Å². The summed E-state index contributed by atoms with van der Waals surface area (Å²) in [5.74, 6) is -0.805. The van der Waals surface area contributed by atoms with Gasteiger partial charge in [0.15, 0.2) is 16.7 Å². The zero-order valence-electron chi connectivity index (χ0n) is 18.6. The molecule has 1 aliphatic carbocycles. The Bertz CT molecular complexity index is 871. The number of ketones is 1. The number of ether oxygens (including phenoxy) is 2. The Balaban J connectivity index is 2.05. The molecule has 0 amide bonds. The molecule has 0 aromatic carbocycles. The zero-order valence-corrected chi connectivity index (χ0v) is 19.4. The molecule has 1 saturated carbocycles. The lowest BCUT2D eigenvalue weighted by molar-refractivity contribution is -0.139. The third-order valence-electron chi connectivity index (χ3n) is 6.35.